The Morgan fingerprint density at radius 2 is 2.05 bits per heavy atom. The molecule has 19 heavy (non-hydrogen) atoms. The van der Waals surface area contributed by atoms with Gasteiger partial charge in [0.25, 0.3) is 5.91 Å². The molecular weight excluding hydrogens is 296 g/mol. The van der Waals surface area contributed by atoms with Crippen molar-refractivity contribution < 1.29 is 13.6 Å². The standard InChI is InChI=1S/C11H8ClF2N3OS/c12-11-17-8(4-19-11)10(18)16-3-5-1-6(13)9(15)7(14)2-5/h1-2,4H,3,15H2,(H,16,18). The van der Waals surface area contributed by atoms with Crippen LogP contribution in [0.4, 0.5) is 14.5 Å². The van der Waals surface area contributed by atoms with Crippen LogP contribution in [0.25, 0.3) is 0 Å². The van der Waals surface area contributed by atoms with Crippen molar-refractivity contribution >= 4 is 34.5 Å². The van der Waals surface area contributed by atoms with Crippen molar-refractivity contribution in [2.75, 3.05) is 5.73 Å². The monoisotopic (exact) mass is 303 g/mol. The summed E-state index contributed by atoms with van der Waals surface area (Å²) in [5.41, 5.74) is 5.02. The molecule has 0 aliphatic heterocycles. The van der Waals surface area contributed by atoms with Crippen LogP contribution in [0, 0.1) is 11.6 Å². The predicted octanol–water partition coefficient (Wildman–Crippen LogP) is 2.59. The van der Waals surface area contributed by atoms with E-state index in [0.29, 0.717) is 0 Å². The first kappa shape index (κ1) is 13.7. The number of benzene rings is 1. The number of thiazole rings is 1. The van der Waals surface area contributed by atoms with E-state index in [1.54, 1.807) is 0 Å². The number of nitrogens with zero attached hydrogens (tertiary/aromatic N) is 1. The van der Waals surface area contributed by atoms with Gasteiger partial charge in [0.05, 0.1) is 0 Å². The number of nitrogen functional groups attached to an aromatic ring is 1. The molecule has 0 unspecified atom stereocenters. The van der Waals surface area contributed by atoms with Crippen molar-refractivity contribution in [2.24, 2.45) is 0 Å². The zero-order valence-electron chi connectivity index (χ0n) is 9.41. The molecule has 0 radical (unpaired) electrons. The number of halogens is 3. The number of amides is 1. The van der Waals surface area contributed by atoms with Gasteiger partial charge in [0.1, 0.15) is 23.0 Å². The molecule has 0 spiro atoms. The van der Waals surface area contributed by atoms with Gasteiger partial charge >= 0.3 is 0 Å². The van der Waals surface area contributed by atoms with Crippen molar-refractivity contribution in [1.29, 1.82) is 0 Å². The minimum Gasteiger partial charge on any atom is -0.394 e. The summed E-state index contributed by atoms with van der Waals surface area (Å²) in [5, 5.41) is 3.96. The maximum atomic E-state index is 13.2. The van der Waals surface area contributed by atoms with Crippen LogP contribution in [0.1, 0.15) is 16.1 Å². The normalized spacial score (nSPS) is 10.5. The Morgan fingerprint density at radius 3 is 2.58 bits per heavy atom. The Kier molecular flexibility index (Phi) is 3.96. The van der Waals surface area contributed by atoms with E-state index in [1.165, 1.54) is 5.38 Å². The van der Waals surface area contributed by atoms with Crippen LogP contribution >= 0.6 is 22.9 Å². The van der Waals surface area contributed by atoms with Gasteiger partial charge in [-0.15, -0.1) is 11.3 Å². The van der Waals surface area contributed by atoms with Crippen LogP contribution in [-0.4, -0.2) is 10.9 Å². The third kappa shape index (κ3) is 3.18. The molecule has 4 nitrogen and oxygen atoms in total. The summed E-state index contributed by atoms with van der Waals surface area (Å²) < 4.78 is 26.6. The van der Waals surface area contributed by atoms with Crippen molar-refractivity contribution in [3.8, 4) is 0 Å². The maximum absolute atomic E-state index is 13.2. The summed E-state index contributed by atoms with van der Waals surface area (Å²) in [6.45, 7) is -0.0396. The van der Waals surface area contributed by atoms with Gasteiger partial charge in [0, 0.05) is 11.9 Å². The van der Waals surface area contributed by atoms with E-state index in [2.05, 4.69) is 10.3 Å². The quantitative estimate of drug-likeness (QED) is 0.856. The summed E-state index contributed by atoms with van der Waals surface area (Å²) in [7, 11) is 0. The van der Waals surface area contributed by atoms with Crippen molar-refractivity contribution in [3.05, 3.63) is 44.9 Å². The highest BCUT2D eigenvalue weighted by Gasteiger charge is 2.11. The highest BCUT2D eigenvalue weighted by atomic mass is 35.5. The molecule has 100 valence electrons. The lowest BCUT2D eigenvalue weighted by atomic mass is 10.2. The Hall–Kier alpha value is -1.73. The summed E-state index contributed by atoms with van der Waals surface area (Å²) in [6.07, 6.45) is 0. The second kappa shape index (κ2) is 5.50. The molecular formula is C11H8ClF2N3OS. The molecule has 3 N–H and O–H groups in total. The number of nitrogens with two attached hydrogens (primary N) is 1. The summed E-state index contributed by atoms with van der Waals surface area (Å²) >= 11 is 6.71. The molecule has 0 aliphatic carbocycles. The summed E-state index contributed by atoms with van der Waals surface area (Å²) in [4.78, 5) is 15.4. The highest BCUT2D eigenvalue weighted by Crippen LogP contribution is 2.18. The largest absolute Gasteiger partial charge is 0.394 e. The predicted molar refractivity (Wildman–Crippen MR) is 69.1 cm³/mol. The molecule has 1 aromatic heterocycles. The highest BCUT2D eigenvalue weighted by molar-refractivity contribution is 7.14. The average Bonchev–Trinajstić information content (AvgIpc) is 2.79. The van der Waals surface area contributed by atoms with E-state index in [-0.39, 0.29) is 22.3 Å². The summed E-state index contributed by atoms with van der Waals surface area (Å²) in [6, 6.07) is 2.12. The Bertz CT molecular complexity index is 609. The van der Waals surface area contributed by atoms with Crippen molar-refractivity contribution in [1.82, 2.24) is 10.3 Å². The van der Waals surface area contributed by atoms with Gasteiger partial charge in [-0.2, -0.15) is 0 Å². The van der Waals surface area contributed by atoms with Crippen molar-refractivity contribution in [2.45, 2.75) is 6.54 Å². The number of hydrogen-bond acceptors (Lipinski definition) is 4. The third-order valence-electron chi connectivity index (χ3n) is 2.30. The van der Waals surface area contributed by atoms with Gasteiger partial charge in [-0.05, 0) is 17.7 Å². The lowest BCUT2D eigenvalue weighted by Crippen LogP contribution is -2.23. The Morgan fingerprint density at radius 1 is 1.42 bits per heavy atom. The minimum atomic E-state index is -0.860. The summed E-state index contributed by atoms with van der Waals surface area (Å²) in [5.74, 6) is -2.19. The lowest BCUT2D eigenvalue weighted by Gasteiger charge is -2.06. The zero-order chi connectivity index (χ0) is 14.0. The SMILES string of the molecule is Nc1c(F)cc(CNC(=O)c2csc(Cl)n2)cc1F. The number of carbonyl (C=O) groups is 1. The number of hydrogen-bond donors (Lipinski definition) is 2. The molecule has 2 aromatic rings. The molecule has 8 heteroatoms. The van der Waals surface area contributed by atoms with Gasteiger partial charge in [0.2, 0.25) is 0 Å². The van der Waals surface area contributed by atoms with Crippen LogP contribution < -0.4 is 11.1 Å². The van der Waals surface area contributed by atoms with E-state index in [9.17, 15) is 13.6 Å². The third-order valence-corrected chi connectivity index (χ3v) is 3.28. The van der Waals surface area contributed by atoms with E-state index in [1.807, 2.05) is 0 Å². The van der Waals surface area contributed by atoms with Gasteiger partial charge in [-0.3, -0.25) is 4.79 Å². The van der Waals surface area contributed by atoms with Gasteiger partial charge in [0.15, 0.2) is 4.47 Å². The molecule has 0 atom stereocenters. The molecule has 0 fully saturated rings. The Labute approximate surface area is 116 Å². The van der Waals surface area contributed by atoms with Crippen LogP contribution in [0.5, 0.6) is 0 Å². The topological polar surface area (TPSA) is 68.0 Å². The zero-order valence-corrected chi connectivity index (χ0v) is 11.0. The fraction of sp³-hybridized carbons (Fsp3) is 0.0909. The Balaban J connectivity index is 2.05. The van der Waals surface area contributed by atoms with E-state index in [4.69, 9.17) is 17.3 Å². The van der Waals surface area contributed by atoms with Gasteiger partial charge in [-0.1, -0.05) is 11.6 Å². The van der Waals surface area contributed by atoms with Crippen LogP contribution in [0.15, 0.2) is 17.5 Å². The molecule has 0 aliphatic rings. The molecule has 1 amide bonds. The fourth-order valence-electron chi connectivity index (χ4n) is 1.37. The smallest absolute Gasteiger partial charge is 0.271 e. The fourth-order valence-corrected chi connectivity index (χ4v) is 2.11. The first-order chi connectivity index (χ1) is 8.97. The van der Waals surface area contributed by atoms with E-state index < -0.39 is 23.2 Å². The molecule has 0 saturated heterocycles. The molecule has 0 bridgehead atoms. The first-order valence-corrected chi connectivity index (χ1v) is 6.35. The van der Waals surface area contributed by atoms with Crippen LogP contribution in [0.3, 0.4) is 0 Å². The number of anilines is 1. The molecule has 1 heterocycles. The second-order valence-electron chi connectivity index (χ2n) is 3.64. The first-order valence-electron chi connectivity index (χ1n) is 5.10. The second-order valence-corrected chi connectivity index (χ2v) is 5.08. The van der Waals surface area contributed by atoms with Crippen molar-refractivity contribution in [3.63, 3.8) is 0 Å². The maximum Gasteiger partial charge on any atom is 0.271 e. The minimum absolute atomic E-state index is 0.0396. The molecule has 0 saturated carbocycles. The van der Waals surface area contributed by atoms with Crippen LogP contribution in [0.2, 0.25) is 4.47 Å². The molecule has 2 rings (SSSR count). The van der Waals surface area contributed by atoms with E-state index >= 15 is 0 Å². The van der Waals surface area contributed by atoms with Gasteiger partial charge in [-0.25, -0.2) is 13.8 Å². The number of nitrogens with one attached hydrogen (secondary N) is 1. The number of aromatic nitrogens is 1. The molecule has 1 aromatic carbocycles. The number of carbonyl (C=O) groups excluding carboxylic acids is 1. The lowest BCUT2D eigenvalue weighted by molar-refractivity contribution is 0.0946. The van der Waals surface area contributed by atoms with E-state index in [0.717, 1.165) is 23.5 Å². The number of rotatable bonds is 3. The van der Waals surface area contributed by atoms with Crippen LogP contribution in [-0.2, 0) is 6.54 Å². The van der Waals surface area contributed by atoms with Gasteiger partial charge < -0.3 is 11.1 Å². The average molecular weight is 304 g/mol.